The maximum Gasteiger partial charge on any atom is 0.251 e. The highest BCUT2D eigenvalue weighted by atomic mass is 19.3. The van der Waals surface area contributed by atoms with Gasteiger partial charge in [-0.1, -0.05) is 0 Å². The summed E-state index contributed by atoms with van der Waals surface area (Å²) in [6, 6.07) is 2.63. The molecule has 0 aromatic heterocycles. The second-order valence-corrected chi connectivity index (χ2v) is 5.21. The summed E-state index contributed by atoms with van der Waals surface area (Å²) in [5.41, 5.74) is 0. The van der Waals surface area contributed by atoms with Crippen LogP contribution in [0, 0.1) is 17.2 Å². The van der Waals surface area contributed by atoms with Crippen LogP contribution in [0.1, 0.15) is 44.9 Å². The first-order valence-corrected chi connectivity index (χ1v) is 6.10. The molecule has 2 fully saturated rings. The predicted molar refractivity (Wildman–Crippen MR) is 57.1 cm³/mol. The minimum absolute atomic E-state index is 0.00508. The number of halogens is 2. The normalized spacial score (nSPS) is 34.1. The second-order valence-electron chi connectivity index (χ2n) is 5.21. The highest BCUT2D eigenvalue weighted by Gasteiger charge is 2.45. The number of hydrogen-bond acceptors (Lipinski definition) is 2. The van der Waals surface area contributed by atoms with Gasteiger partial charge in [-0.3, -0.25) is 0 Å². The Balaban J connectivity index is 1.65. The molecule has 2 rings (SSSR count). The van der Waals surface area contributed by atoms with Crippen LogP contribution in [0.2, 0.25) is 0 Å². The van der Waals surface area contributed by atoms with Crippen LogP contribution >= 0.6 is 0 Å². The number of nitrogens with one attached hydrogen (secondary N) is 1. The SMILES string of the molecule is N#CC[C@H]1CC[C@H](NC2CC(F)(F)C2)CC1. The fourth-order valence-corrected chi connectivity index (χ4v) is 2.77. The smallest absolute Gasteiger partial charge is 0.251 e. The third-order valence-electron chi connectivity index (χ3n) is 3.79. The Morgan fingerprint density at radius 1 is 1.12 bits per heavy atom. The lowest BCUT2D eigenvalue weighted by atomic mass is 9.82. The Kier molecular flexibility index (Phi) is 3.44. The maximum absolute atomic E-state index is 12.6. The van der Waals surface area contributed by atoms with E-state index in [1.165, 1.54) is 0 Å². The summed E-state index contributed by atoms with van der Waals surface area (Å²) in [7, 11) is 0. The molecule has 0 unspecified atom stereocenters. The maximum atomic E-state index is 12.6. The molecule has 2 nitrogen and oxygen atoms in total. The molecule has 0 aliphatic heterocycles. The number of hydrogen-bond donors (Lipinski definition) is 1. The van der Waals surface area contributed by atoms with E-state index < -0.39 is 5.92 Å². The van der Waals surface area contributed by atoms with E-state index in [9.17, 15) is 8.78 Å². The molecule has 0 aromatic carbocycles. The molecular formula is C12H18F2N2. The zero-order chi connectivity index (χ0) is 11.6. The van der Waals surface area contributed by atoms with Gasteiger partial charge in [0.1, 0.15) is 0 Å². The van der Waals surface area contributed by atoms with Gasteiger partial charge in [0.05, 0.1) is 6.07 Å². The van der Waals surface area contributed by atoms with Gasteiger partial charge in [0.15, 0.2) is 0 Å². The van der Waals surface area contributed by atoms with Gasteiger partial charge in [-0.25, -0.2) is 8.78 Å². The summed E-state index contributed by atoms with van der Waals surface area (Å²) in [5.74, 6) is -1.89. The summed E-state index contributed by atoms with van der Waals surface area (Å²) >= 11 is 0. The standard InChI is InChI=1S/C12H18F2N2/c13-12(14)7-11(8-12)16-10-3-1-9(2-4-10)5-6-15/h9-11,16H,1-5,7-8H2/t9-,10-. The van der Waals surface area contributed by atoms with Crippen LogP contribution in [0.4, 0.5) is 8.78 Å². The van der Waals surface area contributed by atoms with Crippen molar-refractivity contribution in [3.05, 3.63) is 0 Å². The first kappa shape index (κ1) is 11.8. The quantitative estimate of drug-likeness (QED) is 0.806. The number of alkyl halides is 2. The molecule has 0 saturated heterocycles. The van der Waals surface area contributed by atoms with E-state index in [4.69, 9.17) is 5.26 Å². The Hall–Kier alpha value is -0.690. The van der Waals surface area contributed by atoms with Gasteiger partial charge in [-0.2, -0.15) is 5.26 Å². The van der Waals surface area contributed by atoms with Crippen LogP contribution in [0.25, 0.3) is 0 Å². The van der Waals surface area contributed by atoms with E-state index in [2.05, 4.69) is 11.4 Å². The molecular weight excluding hydrogens is 210 g/mol. The summed E-state index contributed by atoms with van der Waals surface area (Å²) < 4.78 is 25.3. The average molecular weight is 228 g/mol. The molecule has 0 bridgehead atoms. The third-order valence-corrected chi connectivity index (χ3v) is 3.79. The number of nitrogens with zero attached hydrogens (tertiary/aromatic N) is 1. The number of nitriles is 1. The van der Waals surface area contributed by atoms with Crippen molar-refractivity contribution in [2.75, 3.05) is 0 Å². The molecule has 2 saturated carbocycles. The van der Waals surface area contributed by atoms with Crippen LogP contribution in [0.5, 0.6) is 0 Å². The van der Waals surface area contributed by atoms with Crippen LogP contribution in [0.15, 0.2) is 0 Å². The van der Waals surface area contributed by atoms with Crippen LogP contribution in [-0.4, -0.2) is 18.0 Å². The van der Waals surface area contributed by atoms with Crippen molar-refractivity contribution in [1.29, 1.82) is 5.26 Å². The molecule has 16 heavy (non-hydrogen) atoms. The molecule has 2 aliphatic carbocycles. The van der Waals surface area contributed by atoms with Crippen LogP contribution in [0.3, 0.4) is 0 Å². The van der Waals surface area contributed by atoms with Gasteiger partial charge < -0.3 is 5.32 Å². The van der Waals surface area contributed by atoms with Crippen molar-refractivity contribution in [3.63, 3.8) is 0 Å². The second kappa shape index (κ2) is 4.67. The lowest BCUT2D eigenvalue weighted by molar-refractivity contribution is -0.0956. The first-order valence-electron chi connectivity index (χ1n) is 6.10. The Labute approximate surface area is 95.0 Å². The van der Waals surface area contributed by atoms with Gasteiger partial charge in [-0.15, -0.1) is 0 Å². The van der Waals surface area contributed by atoms with E-state index in [1.807, 2.05) is 0 Å². The van der Waals surface area contributed by atoms with Gasteiger partial charge >= 0.3 is 0 Å². The molecule has 0 amide bonds. The van der Waals surface area contributed by atoms with Gasteiger partial charge in [0, 0.05) is 31.3 Å². The lowest BCUT2D eigenvalue weighted by Gasteiger charge is -2.39. The van der Waals surface area contributed by atoms with Crippen molar-refractivity contribution in [1.82, 2.24) is 5.32 Å². The van der Waals surface area contributed by atoms with Crippen molar-refractivity contribution in [2.24, 2.45) is 5.92 Å². The van der Waals surface area contributed by atoms with Gasteiger partial charge in [0.25, 0.3) is 5.92 Å². The fraction of sp³-hybridized carbons (Fsp3) is 0.917. The number of rotatable bonds is 3. The van der Waals surface area contributed by atoms with Gasteiger partial charge in [0.2, 0.25) is 0 Å². The Morgan fingerprint density at radius 2 is 1.75 bits per heavy atom. The van der Waals surface area contributed by atoms with Crippen molar-refractivity contribution in [3.8, 4) is 6.07 Å². The monoisotopic (exact) mass is 228 g/mol. The first-order chi connectivity index (χ1) is 7.59. The summed E-state index contributed by atoms with van der Waals surface area (Å²) in [5, 5.41) is 11.9. The minimum atomic E-state index is -2.42. The molecule has 4 heteroatoms. The summed E-state index contributed by atoms with van der Waals surface area (Å²) in [4.78, 5) is 0. The topological polar surface area (TPSA) is 35.8 Å². The molecule has 1 N–H and O–H groups in total. The molecule has 0 heterocycles. The summed E-state index contributed by atoms with van der Waals surface area (Å²) in [6.07, 6.45) is 4.86. The van der Waals surface area contributed by atoms with Crippen LogP contribution < -0.4 is 5.32 Å². The molecule has 90 valence electrons. The van der Waals surface area contributed by atoms with Crippen molar-refractivity contribution < 1.29 is 8.78 Å². The van der Waals surface area contributed by atoms with E-state index in [1.54, 1.807) is 0 Å². The molecule has 0 spiro atoms. The van der Waals surface area contributed by atoms with E-state index >= 15 is 0 Å². The van der Waals surface area contributed by atoms with E-state index in [0.717, 1.165) is 25.7 Å². The largest absolute Gasteiger partial charge is 0.311 e. The van der Waals surface area contributed by atoms with Crippen molar-refractivity contribution >= 4 is 0 Å². The minimum Gasteiger partial charge on any atom is -0.311 e. The van der Waals surface area contributed by atoms with Crippen LogP contribution in [-0.2, 0) is 0 Å². The Morgan fingerprint density at radius 3 is 2.25 bits per heavy atom. The molecule has 0 aromatic rings. The molecule has 2 aliphatic rings. The van der Waals surface area contributed by atoms with Crippen molar-refractivity contribution in [2.45, 2.75) is 63.0 Å². The highest BCUT2D eigenvalue weighted by molar-refractivity contribution is 4.94. The molecule has 0 radical (unpaired) electrons. The fourth-order valence-electron chi connectivity index (χ4n) is 2.77. The van der Waals surface area contributed by atoms with Gasteiger partial charge in [-0.05, 0) is 31.6 Å². The average Bonchev–Trinajstić information content (AvgIpc) is 2.18. The van der Waals surface area contributed by atoms with E-state index in [-0.39, 0.29) is 18.9 Å². The third kappa shape index (κ3) is 2.91. The zero-order valence-corrected chi connectivity index (χ0v) is 9.38. The zero-order valence-electron chi connectivity index (χ0n) is 9.38. The lowest BCUT2D eigenvalue weighted by Crippen LogP contribution is -2.52. The van der Waals surface area contributed by atoms with E-state index in [0.29, 0.717) is 18.4 Å². The molecule has 0 atom stereocenters. The Bertz CT molecular complexity index is 269. The highest BCUT2D eigenvalue weighted by Crippen LogP contribution is 2.38. The predicted octanol–water partition coefficient (Wildman–Crippen LogP) is 2.85. The summed E-state index contributed by atoms with van der Waals surface area (Å²) in [6.45, 7) is 0.